The van der Waals surface area contributed by atoms with Crippen molar-refractivity contribution < 1.29 is 9.53 Å². The molecule has 20 heavy (non-hydrogen) atoms. The fraction of sp³-hybridized carbons (Fsp3) is 0.611. The van der Waals surface area contributed by atoms with Crippen LogP contribution in [0, 0.1) is 13.8 Å². The highest BCUT2D eigenvalue weighted by atomic mass is 16.5. The lowest BCUT2D eigenvalue weighted by Crippen LogP contribution is -2.41. The second kappa shape index (κ2) is 6.53. The van der Waals surface area contributed by atoms with Gasteiger partial charge in [-0.1, -0.05) is 43.9 Å². The average Bonchev–Trinajstić information content (AvgIpc) is 2.69. The standard InChI is InChI=1S/C18H26O2/c1-14-8-9-16(12-15(14)2)13-17(19)18(20-3)10-6-4-5-7-11-18/h8-9,12H,4-7,10-11,13H2,1-3H3. The van der Waals surface area contributed by atoms with Gasteiger partial charge in [-0.05, 0) is 43.4 Å². The minimum Gasteiger partial charge on any atom is -0.370 e. The zero-order valence-corrected chi connectivity index (χ0v) is 13.0. The van der Waals surface area contributed by atoms with E-state index in [0.717, 1.165) is 31.2 Å². The molecule has 0 heterocycles. The van der Waals surface area contributed by atoms with E-state index in [0.29, 0.717) is 6.42 Å². The van der Waals surface area contributed by atoms with E-state index in [2.05, 4.69) is 32.0 Å². The van der Waals surface area contributed by atoms with Gasteiger partial charge in [-0.2, -0.15) is 0 Å². The van der Waals surface area contributed by atoms with Gasteiger partial charge in [0.05, 0.1) is 0 Å². The molecule has 0 radical (unpaired) electrons. The lowest BCUT2D eigenvalue weighted by molar-refractivity contribution is -0.142. The Morgan fingerprint density at radius 3 is 2.30 bits per heavy atom. The van der Waals surface area contributed by atoms with Crippen LogP contribution < -0.4 is 0 Å². The van der Waals surface area contributed by atoms with E-state index in [4.69, 9.17) is 4.74 Å². The number of aryl methyl sites for hydroxylation is 2. The van der Waals surface area contributed by atoms with Crippen LogP contribution in [-0.4, -0.2) is 18.5 Å². The lowest BCUT2D eigenvalue weighted by Gasteiger charge is -2.30. The van der Waals surface area contributed by atoms with Crippen LogP contribution in [0.2, 0.25) is 0 Å². The molecule has 0 spiro atoms. The van der Waals surface area contributed by atoms with Gasteiger partial charge in [0, 0.05) is 13.5 Å². The van der Waals surface area contributed by atoms with Crippen molar-refractivity contribution in [3.05, 3.63) is 34.9 Å². The zero-order valence-electron chi connectivity index (χ0n) is 13.0. The predicted octanol–water partition coefficient (Wildman–Crippen LogP) is 4.15. The highest BCUT2D eigenvalue weighted by molar-refractivity contribution is 5.89. The molecule has 0 aliphatic heterocycles. The van der Waals surface area contributed by atoms with E-state index in [-0.39, 0.29) is 5.78 Å². The summed E-state index contributed by atoms with van der Waals surface area (Å²) in [7, 11) is 1.70. The highest BCUT2D eigenvalue weighted by Crippen LogP contribution is 2.32. The van der Waals surface area contributed by atoms with E-state index in [1.54, 1.807) is 7.11 Å². The lowest BCUT2D eigenvalue weighted by atomic mass is 9.86. The quantitative estimate of drug-likeness (QED) is 0.771. The Morgan fingerprint density at radius 2 is 1.75 bits per heavy atom. The Hall–Kier alpha value is -1.15. The summed E-state index contributed by atoms with van der Waals surface area (Å²) in [6.07, 6.45) is 6.92. The monoisotopic (exact) mass is 274 g/mol. The molecule has 0 saturated heterocycles. The summed E-state index contributed by atoms with van der Waals surface area (Å²) < 4.78 is 5.70. The SMILES string of the molecule is COC1(C(=O)Cc2ccc(C)c(C)c2)CCCCCC1. The van der Waals surface area contributed by atoms with Crippen molar-refractivity contribution in [1.29, 1.82) is 0 Å². The Kier molecular flexibility index (Phi) is 4.98. The number of hydrogen-bond acceptors (Lipinski definition) is 2. The fourth-order valence-electron chi connectivity index (χ4n) is 3.16. The van der Waals surface area contributed by atoms with E-state index in [1.165, 1.54) is 24.0 Å². The van der Waals surface area contributed by atoms with E-state index in [1.807, 2.05) is 0 Å². The number of ether oxygens (including phenoxy) is 1. The van der Waals surface area contributed by atoms with Crippen LogP contribution in [0.15, 0.2) is 18.2 Å². The summed E-state index contributed by atoms with van der Waals surface area (Å²) in [4.78, 5) is 12.7. The molecule has 1 aromatic rings. The van der Waals surface area contributed by atoms with Crippen LogP contribution in [0.4, 0.5) is 0 Å². The molecule has 1 aliphatic rings. The molecule has 0 bridgehead atoms. The topological polar surface area (TPSA) is 26.3 Å². The zero-order chi connectivity index (χ0) is 14.6. The maximum absolute atomic E-state index is 12.7. The molecule has 110 valence electrons. The molecule has 0 amide bonds. The minimum absolute atomic E-state index is 0.255. The first-order valence-electron chi connectivity index (χ1n) is 7.72. The molecule has 2 nitrogen and oxygen atoms in total. The number of rotatable bonds is 4. The third-order valence-corrected chi connectivity index (χ3v) is 4.75. The summed E-state index contributed by atoms with van der Waals surface area (Å²) in [6.45, 7) is 4.20. The fourth-order valence-corrected chi connectivity index (χ4v) is 3.16. The number of hydrogen-bond donors (Lipinski definition) is 0. The van der Waals surface area contributed by atoms with Gasteiger partial charge in [0.2, 0.25) is 0 Å². The molecule has 0 N–H and O–H groups in total. The summed E-state index contributed by atoms with van der Waals surface area (Å²) in [5, 5.41) is 0. The van der Waals surface area contributed by atoms with Gasteiger partial charge in [-0.15, -0.1) is 0 Å². The first-order chi connectivity index (χ1) is 9.57. The number of benzene rings is 1. The second-order valence-electron chi connectivity index (χ2n) is 6.13. The van der Waals surface area contributed by atoms with Crippen molar-refractivity contribution in [2.45, 2.75) is 64.4 Å². The number of carbonyl (C=O) groups is 1. The normalized spacial score (nSPS) is 18.6. The van der Waals surface area contributed by atoms with E-state index in [9.17, 15) is 4.79 Å². The van der Waals surface area contributed by atoms with Crippen molar-refractivity contribution in [3.63, 3.8) is 0 Å². The number of methoxy groups -OCH3 is 1. The third-order valence-electron chi connectivity index (χ3n) is 4.75. The summed E-state index contributed by atoms with van der Waals surface area (Å²) in [5.41, 5.74) is 3.11. The van der Waals surface area contributed by atoms with Crippen LogP contribution in [-0.2, 0) is 16.0 Å². The third kappa shape index (κ3) is 3.29. The van der Waals surface area contributed by atoms with Crippen molar-refractivity contribution in [2.24, 2.45) is 0 Å². The molecule has 1 aromatic carbocycles. The first-order valence-corrected chi connectivity index (χ1v) is 7.72. The van der Waals surface area contributed by atoms with Gasteiger partial charge >= 0.3 is 0 Å². The predicted molar refractivity (Wildman–Crippen MR) is 82.1 cm³/mol. The van der Waals surface area contributed by atoms with Gasteiger partial charge < -0.3 is 4.74 Å². The molecule has 1 fully saturated rings. The summed E-state index contributed by atoms with van der Waals surface area (Å²) in [6, 6.07) is 6.30. The first kappa shape index (κ1) is 15.2. The Balaban J connectivity index is 2.14. The molecule has 2 heteroatoms. The number of carbonyl (C=O) groups excluding carboxylic acids is 1. The number of Topliss-reactive ketones (excluding diaryl/α,β-unsaturated/α-hetero) is 1. The molecule has 0 unspecified atom stereocenters. The van der Waals surface area contributed by atoms with Crippen molar-refractivity contribution in [3.8, 4) is 0 Å². The van der Waals surface area contributed by atoms with Gasteiger partial charge in [-0.3, -0.25) is 4.79 Å². The van der Waals surface area contributed by atoms with Gasteiger partial charge in [-0.25, -0.2) is 0 Å². The molecule has 1 aliphatic carbocycles. The van der Waals surface area contributed by atoms with Crippen LogP contribution in [0.25, 0.3) is 0 Å². The highest BCUT2D eigenvalue weighted by Gasteiger charge is 2.37. The molecular formula is C18H26O2. The van der Waals surface area contributed by atoms with Crippen LogP contribution in [0.3, 0.4) is 0 Å². The molecule has 0 aromatic heterocycles. The van der Waals surface area contributed by atoms with Crippen molar-refractivity contribution >= 4 is 5.78 Å². The second-order valence-corrected chi connectivity index (χ2v) is 6.13. The van der Waals surface area contributed by atoms with Crippen LogP contribution >= 0.6 is 0 Å². The summed E-state index contributed by atoms with van der Waals surface area (Å²) in [5.74, 6) is 0.255. The maximum atomic E-state index is 12.7. The Morgan fingerprint density at radius 1 is 1.10 bits per heavy atom. The average molecular weight is 274 g/mol. The molecular weight excluding hydrogens is 248 g/mol. The van der Waals surface area contributed by atoms with E-state index < -0.39 is 5.60 Å². The maximum Gasteiger partial charge on any atom is 0.168 e. The van der Waals surface area contributed by atoms with E-state index >= 15 is 0 Å². The molecule has 2 rings (SSSR count). The van der Waals surface area contributed by atoms with Gasteiger partial charge in [0.15, 0.2) is 5.78 Å². The van der Waals surface area contributed by atoms with Gasteiger partial charge in [0.25, 0.3) is 0 Å². The van der Waals surface area contributed by atoms with Crippen LogP contribution in [0.1, 0.15) is 55.2 Å². The van der Waals surface area contributed by atoms with Crippen molar-refractivity contribution in [1.82, 2.24) is 0 Å². The molecule has 1 saturated carbocycles. The number of ketones is 1. The summed E-state index contributed by atoms with van der Waals surface area (Å²) >= 11 is 0. The van der Waals surface area contributed by atoms with Crippen molar-refractivity contribution in [2.75, 3.05) is 7.11 Å². The van der Waals surface area contributed by atoms with Gasteiger partial charge in [0.1, 0.15) is 5.60 Å². The Bertz CT molecular complexity index is 468. The Labute approximate surface area is 122 Å². The minimum atomic E-state index is -0.532. The van der Waals surface area contributed by atoms with Crippen LogP contribution in [0.5, 0.6) is 0 Å². The smallest absolute Gasteiger partial charge is 0.168 e. The molecule has 0 atom stereocenters. The largest absolute Gasteiger partial charge is 0.370 e.